The number of carbonyl (C=O) groups is 1. The van der Waals surface area contributed by atoms with E-state index in [9.17, 15) is 18.0 Å². The predicted molar refractivity (Wildman–Crippen MR) is 43.4 cm³/mol. The third-order valence-electron chi connectivity index (χ3n) is 1.90. The zero-order valence-electron chi connectivity index (χ0n) is 7.51. The molecule has 1 rings (SSSR count). The fraction of sp³-hybridized carbons (Fsp3) is 0.714. The van der Waals surface area contributed by atoms with Crippen LogP contribution in [0.25, 0.3) is 0 Å². The molecule has 7 heteroatoms. The van der Waals surface area contributed by atoms with Gasteiger partial charge in [-0.05, 0) is 6.92 Å². The summed E-state index contributed by atoms with van der Waals surface area (Å²) in [5.41, 5.74) is 5.57. The Hall–Kier alpha value is -1.11. The monoisotopic (exact) mass is 209 g/mol. The van der Waals surface area contributed by atoms with Gasteiger partial charge in [-0.25, -0.2) is 5.01 Å². The molecule has 1 heterocycles. The van der Waals surface area contributed by atoms with Crippen LogP contribution in [0.3, 0.4) is 0 Å². The molecule has 0 spiro atoms. The molecular formula is C7H10F3N3O. The van der Waals surface area contributed by atoms with E-state index in [-0.39, 0.29) is 6.54 Å². The highest BCUT2D eigenvalue weighted by molar-refractivity contribution is 6.07. The Labute approximate surface area is 78.5 Å². The Bertz CT molecular complexity index is 274. The molecule has 0 radical (unpaired) electrons. The van der Waals surface area contributed by atoms with E-state index in [2.05, 4.69) is 5.10 Å². The first kappa shape index (κ1) is 11.0. The van der Waals surface area contributed by atoms with Crippen molar-refractivity contribution in [3.05, 3.63) is 0 Å². The fourth-order valence-electron chi connectivity index (χ4n) is 1.22. The van der Waals surface area contributed by atoms with Crippen LogP contribution >= 0.6 is 0 Å². The summed E-state index contributed by atoms with van der Waals surface area (Å²) in [6.45, 7) is 0.133. The molecule has 4 nitrogen and oxygen atoms in total. The van der Waals surface area contributed by atoms with Crippen LogP contribution < -0.4 is 5.73 Å². The topological polar surface area (TPSA) is 58.7 Å². The van der Waals surface area contributed by atoms with Gasteiger partial charge >= 0.3 is 6.18 Å². The van der Waals surface area contributed by atoms with Crippen molar-refractivity contribution >= 4 is 11.6 Å². The molecule has 0 saturated heterocycles. The van der Waals surface area contributed by atoms with Crippen LogP contribution in [-0.4, -0.2) is 35.9 Å². The second kappa shape index (κ2) is 3.56. The van der Waals surface area contributed by atoms with E-state index in [0.717, 1.165) is 0 Å². The molecule has 1 aliphatic rings. The molecule has 0 bridgehead atoms. The third-order valence-corrected chi connectivity index (χ3v) is 1.90. The number of hydrogen-bond donors (Lipinski definition) is 1. The van der Waals surface area contributed by atoms with Crippen molar-refractivity contribution in [2.75, 3.05) is 13.1 Å². The van der Waals surface area contributed by atoms with Crippen LogP contribution in [0.1, 0.15) is 6.92 Å². The van der Waals surface area contributed by atoms with E-state index in [1.165, 1.54) is 6.92 Å². The van der Waals surface area contributed by atoms with Gasteiger partial charge in [0.1, 0.15) is 6.54 Å². The molecule has 2 N–H and O–H groups in total. The third kappa shape index (κ3) is 2.22. The van der Waals surface area contributed by atoms with Gasteiger partial charge < -0.3 is 5.73 Å². The molecule has 0 saturated carbocycles. The standard InChI is InChI=1S/C7H10F3N3O/c1-4-5(2-11)6(14)13(12-4)3-7(8,9)10/h5H,2-3,11H2,1H3. The highest BCUT2D eigenvalue weighted by atomic mass is 19.4. The Morgan fingerprint density at radius 3 is 2.50 bits per heavy atom. The van der Waals surface area contributed by atoms with E-state index in [0.29, 0.717) is 10.7 Å². The number of nitrogens with two attached hydrogens (primary N) is 1. The molecule has 0 fully saturated rings. The molecular weight excluding hydrogens is 199 g/mol. The van der Waals surface area contributed by atoms with Crippen LogP contribution in [0, 0.1) is 5.92 Å². The minimum absolute atomic E-state index is 0.0114. The summed E-state index contributed by atoms with van der Waals surface area (Å²) >= 11 is 0. The Kier molecular flexibility index (Phi) is 2.79. The summed E-state index contributed by atoms with van der Waals surface area (Å²) in [4.78, 5) is 11.3. The van der Waals surface area contributed by atoms with Gasteiger partial charge in [-0.15, -0.1) is 0 Å². The summed E-state index contributed by atoms with van der Waals surface area (Å²) in [6.07, 6.45) is -4.43. The van der Waals surface area contributed by atoms with Crippen LogP contribution in [0.4, 0.5) is 13.2 Å². The highest BCUT2D eigenvalue weighted by Gasteiger charge is 2.39. The summed E-state index contributed by atoms with van der Waals surface area (Å²) in [5.74, 6) is -1.38. The molecule has 80 valence electrons. The SMILES string of the molecule is CC1=NN(CC(F)(F)F)C(=O)C1CN. The smallest absolute Gasteiger partial charge is 0.329 e. The molecule has 0 aliphatic carbocycles. The molecule has 0 aromatic heterocycles. The molecule has 0 aromatic carbocycles. The number of halogens is 3. The predicted octanol–water partition coefficient (Wildman–Crippen LogP) is 0.342. The zero-order valence-corrected chi connectivity index (χ0v) is 7.51. The molecule has 0 aromatic rings. The minimum Gasteiger partial charge on any atom is -0.329 e. The van der Waals surface area contributed by atoms with Crippen molar-refractivity contribution in [2.24, 2.45) is 16.8 Å². The van der Waals surface area contributed by atoms with Crippen LogP contribution in [0.2, 0.25) is 0 Å². The maximum absolute atomic E-state index is 11.9. The Morgan fingerprint density at radius 2 is 2.14 bits per heavy atom. The number of hydrazone groups is 1. The Balaban J connectivity index is 2.72. The Morgan fingerprint density at radius 1 is 1.57 bits per heavy atom. The van der Waals surface area contributed by atoms with Crippen molar-refractivity contribution < 1.29 is 18.0 Å². The van der Waals surface area contributed by atoms with E-state index in [1.54, 1.807) is 0 Å². The fourth-order valence-corrected chi connectivity index (χ4v) is 1.22. The lowest BCUT2D eigenvalue weighted by atomic mass is 10.1. The average molecular weight is 209 g/mol. The minimum atomic E-state index is -4.43. The average Bonchev–Trinajstić information content (AvgIpc) is 2.24. The van der Waals surface area contributed by atoms with Crippen molar-refractivity contribution in [2.45, 2.75) is 13.1 Å². The van der Waals surface area contributed by atoms with E-state index in [4.69, 9.17) is 5.73 Å². The van der Waals surface area contributed by atoms with E-state index in [1.807, 2.05) is 0 Å². The van der Waals surface area contributed by atoms with E-state index < -0.39 is 24.5 Å². The van der Waals surface area contributed by atoms with Crippen molar-refractivity contribution in [3.63, 3.8) is 0 Å². The number of amides is 1. The summed E-state index contributed by atoms with van der Waals surface area (Å²) in [7, 11) is 0. The molecule has 1 atom stereocenters. The summed E-state index contributed by atoms with van der Waals surface area (Å²) in [6, 6.07) is 0. The highest BCUT2D eigenvalue weighted by Crippen LogP contribution is 2.22. The van der Waals surface area contributed by atoms with Crippen molar-refractivity contribution in [1.82, 2.24) is 5.01 Å². The van der Waals surface area contributed by atoms with Crippen LogP contribution in [0.5, 0.6) is 0 Å². The number of nitrogens with zero attached hydrogens (tertiary/aromatic N) is 2. The number of alkyl halides is 3. The first-order chi connectivity index (χ1) is 6.35. The quantitative estimate of drug-likeness (QED) is 0.713. The van der Waals surface area contributed by atoms with Gasteiger partial charge in [-0.3, -0.25) is 4.79 Å². The van der Waals surface area contributed by atoms with Gasteiger partial charge in [-0.2, -0.15) is 18.3 Å². The van der Waals surface area contributed by atoms with Gasteiger partial charge in [0, 0.05) is 12.3 Å². The van der Waals surface area contributed by atoms with Crippen LogP contribution in [-0.2, 0) is 4.79 Å². The molecule has 1 amide bonds. The molecule has 1 aliphatic heterocycles. The first-order valence-electron chi connectivity index (χ1n) is 3.98. The lowest BCUT2D eigenvalue weighted by Gasteiger charge is -2.15. The van der Waals surface area contributed by atoms with Gasteiger partial charge in [0.15, 0.2) is 0 Å². The number of hydrogen-bond acceptors (Lipinski definition) is 3. The zero-order chi connectivity index (χ0) is 10.9. The summed E-state index contributed by atoms with van der Waals surface area (Å²) in [5, 5.41) is 3.93. The number of carbonyl (C=O) groups excluding carboxylic acids is 1. The molecule has 1 unspecified atom stereocenters. The van der Waals surface area contributed by atoms with Crippen molar-refractivity contribution in [3.8, 4) is 0 Å². The summed E-state index contributed by atoms with van der Waals surface area (Å²) < 4.78 is 35.8. The first-order valence-corrected chi connectivity index (χ1v) is 3.98. The normalized spacial score (nSPS) is 22.9. The lowest BCUT2D eigenvalue weighted by molar-refractivity contribution is -0.160. The van der Waals surface area contributed by atoms with Gasteiger partial charge in [0.05, 0.1) is 5.92 Å². The molecule has 14 heavy (non-hydrogen) atoms. The second-order valence-corrected chi connectivity index (χ2v) is 3.04. The maximum atomic E-state index is 11.9. The van der Waals surface area contributed by atoms with Crippen molar-refractivity contribution in [1.29, 1.82) is 0 Å². The van der Waals surface area contributed by atoms with Crippen LogP contribution in [0.15, 0.2) is 5.10 Å². The number of rotatable bonds is 2. The lowest BCUT2D eigenvalue weighted by Crippen LogP contribution is -2.37. The van der Waals surface area contributed by atoms with Gasteiger partial charge in [0.2, 0.25) is 0 Å². The maximum Gasteiger partial charge on any atom is 0.408 e. The van der Waals surface area contributed by atoms with Gasteiger partial charge in [-0.1, -0.05) is 0 Å². The largest absolute Gasteiger partial charge is 0.408 e. The second-order valence-electron chi connectivity index (χ2n) is 3.04. The van der Waals surface area contributed by atoms with E-state index >= 15 is 0 Å². The van der Waals surface area contributed by atoms with Gasteiger partial charge in [0.25, 0.3) is 5.91 Å².